The number of amides is 3. The standard InChI is InChI=1S/C22H28N6O8S/c23-14(7-18(30)31)19(32)28-17(9-37)21(34)26-15(5-11-1-3-13(29)4-2-11)20(33)27-16(22(35)36)6-12-8-24-10-25-12/h1-4,8,10,14-17,29,37H,5-7,9,23H2,(H,24,25)(H,26,34)(H,27,33)(H,28,32)(H,30,31)(H,35,36). The predicted molar refractivity (Wildman–Crippen MR) is 132 cm³/mol. The van der Waals surface area contributed by atoms with Gasteiger partial charge in [0, 0.05) is 30.5 Å². The van der Waals surface area contributed by atoms with Crippen LogP contribution in [-0.2, 0) is 36.8 Å². The molecule has 1 aromatic heterocycles. The van der Waals surface area contributed by atoms with Gasteiger partial charge in [0.15, 0.2) is 0 Å². The summed E-state index contributed by atoms with van der Waals surface area (Å²) in [7, 11) is 0. The highest BCUT2D eigenvalue weighted by atomic mass is 32.1. The molecule has 0 fully saturated rings. The first-order chi connectivity index (χ1) is 17.5. The van der Waals surface area contributed by atoms with Gasteiger partial charge in [0.1, 0.15) is 23.9 Å². The van der Waals surface area contributed by atoms with Crippen LogP contribution in [0.25, 0.3) is 0 Å². The number of nitrogens with zero attached hydrogens (tertiary/aromatic N) is 1. The van der Waals surface area contributed by atoms with Crippen molar-refractivity contribution >= 4 is 42.3 Å². The van der Waals surface area contributed by atoms with E-state index in [9.17, 15) is 34.2 Å². The van der Waals surface area contributed by atoms with E-state index in [1.165, 1.54) is 36.8 Å². The lowest BCUT2D eigenvalue weighted by molar-refractivity contribution is -0.142. The van der Waals surface area contributed by atoms with Gasteiger partial charge in [-0.1, -0.05) is 12.1 Å². The van der Waals surface area contributed by atoms with Gasteiger partial charge in [-0.15, -0.1) is 0 Å². The average Bonchev–Trinajstić information content (AvgIpc) is 3.35. The predicted octanol–water partition coefficient (Wildman–Crippen LogP) is -1.83. The molecule has 0 aliphatic heterocycles. The molecular weight excluding hydrogens is 508 g/mol. The van der Waals surface area contributed by atoms with E-state index in [0.717, 1.165) is 0 Å². The van der Waals surface area contributed by atoms with Gasteiger partial charge in [0.05, 0.1) is 18.8 Å². The fourth-order valence-corrected chi connectivity index (χ4v) is 3.45. The van der Waals surface area contributed by atoms with Crippen molar-refractivity contribution in [3.05, 3.63) is 48.0 Å². The highest BCUT2D eigenvalue weighted by Gasteiger charge is 2.30. The molecule has 2 aromatic rings. The number of hydrogen-bond acceptors (Lipinski definition) is 9. The van der Waals surface area contributed by atoms with Crippen molar-refractivity contribution in [3.8, 4) is 5.75 Å². The number of phenolic OH excluding ortho intramolecular Hbond substituents is 1. The largest absolute Gasteiger partial charge is 0.508 e. The minimum atomic E-state index is -1.41. The van der Waals surface area contributed by atoms with Gasteiger partial charge in [-0.05, 0) is 17.7 Å². The van der Waals surface area contributed by atoms with Gasteiger partial charge in [0.25, 0.3) is 0 Å². The fraction of sp³-hybridized carbons (Fsp3) is 0.364. The summed E-state index contributed by atoms with van der Waals surface area (Å²) < 4.78 is 0. The summed E-state index contributed by atoms with van der Waals surface area (Å²) in [5.74, 6) is -5.39. The van der Waals surface area contributed by atoms with Gasteiger partial charge in [-0.25, -0.2) is 9.78 Å². The van der Waals surface area contributed by atoms with Gasteiger partial charge in [-0.3, -0.25) is 19.2 Å². The van der Waals surface area contributed by atoms with E-state index in [0.29, 0.717) is 11.3 Å². The average molecular weight is 537 g/mol. The third-order valence-corrected chi connectivity index (χ3v) is 5.51. The number of carboxylic acids is 2. The molecule has 0 aliphatic rings. The van der Waals surface area contributed by atoms with Crippen molar-refractivity contribution < 1.29 is 39.3 Å². The molecule has 1 heterocycles. The van der Waals surface area contributed by atoms with Crippen molar-refractivity contribution in [2.24, 2.45) is 5.73 Å². The van der Waals surface area contributed by atoms with Crippen molar-refractivity contribution in [3.63, 3.8) is 0 Å². The number of imidazole rings is 1. The molecule has 3 amide bonds. The lowest BCUT2D eigenvalue weighted by atomic mass is 10.0. The van der Waals surface area contributed by atoms with Crippen LogP contribution in [0.4, 0.5) is 0 Å². The lowest BCUT2D eigenvalue weighted by Gasteiger charge is -2.24. The first-order valence-corrected chi connectivity index (χ1v) is 11.6. The number of nitrogens with one attached hydrogen (secondary N) is 4. The summed E-state index contributed by atoms with van der Waals surface area (Å²) in [6, 6.07) is 0.478. The number of carbonyl (C=O) groups is 5. The number of phenols is 1. The minimum absolute atomic E-state index is 0.0187. The molecule has 0 saturated carbocycles. The van der Waals surface area contributed by atoms with E-state index in [4.69, 9.17) is 10.8 Å². The lowest BCUT2D eigenvalue weighted by Crippen LogP contribution is -2.58. The zero-order valence-corrected chi connectivity index (χ0v) is 20.4. The first kappa shape index (κ1) is 29.1. The molecule has 9 N–H and O–H groups in total. The van der Waals surface area contributed by atoms with Crippen LogP contribution in [0.3, 0.4) is 0 Å². The molecule has 2 rings (SSSR count). The minimum Gasteiger partial charge on any atom is -0.508 e. The third-order valence-electron chi connectivity index (χ3n) is 5.15. The number of aromatic nitrogens is 2. The smallest absolute Gasteiger partial charge is 0.326 e. The van der Waals surface area contributed by atoms with E-state index in [1.807, 2.05) is 0 Å². The zero-order chi connectivity index (χ0) is 27.5. The molecule has 4 unspecified atom stereocenters. The molecule has 4 atom stereocenters. The van der Waals surface area contributed by atoms with Gasteiger partial charge >= 0.3 is 11.9 Å². The van der Waals surface area contributed by atoms with E-state index in [2.05, 4.69) is 38.5 Å². The first-order valence-electron chi connectivity index (χ1n) is 11.0. The molecular formula is C22H28N6O8S. The Kier molecular flexibility index (Phi) is 10.9. The topological polar surface area (TPSA) is 237 Å². The summed E-state index contributed by atoms with van der Waals surface area (Å²) in [5, 5.41) is 35.0. The summed E-state index contributed by atoms with van der Waals surface area (Å²) in [4.78, 5) is 67.3. The third kappa shape index (κ3) is 9.46. The molecule has 200 valence electrons. The van der Waals surface area contributed by atoms with Crippen LogP contribution < -0.4 is 21.7 Å². The van der Waals surface area contributed by atoms with Crippen LogP contribution in [0.5, 0.6) is 5.75 Å². The molecule has 0 aliphatic carbocycles. The van der Waals surface area contributed by atoms with E-state index >= 15 is 0 Å². The van der Waals surface area contributed by atoms with Crippen LogP contribution in [0.1, 0.15) is 17.7 Å². The number of nitrogens with two attached hydrogens (primary N) is 1. The number of carbonyl (C=O) groups excluding carboxylic acids is 3. The number of H-pyrrole nitrogens is 1. The molecule has 14 nitrogen and oxygen atoms in total. The number of aromatic amines is 1. The highest BCUT2D eigenvalue weighted by Crippen LogP contribution is 2.12. The number of carboxylic acid groups (broad SMARTS) is 2. The number of aromatic hydroxyl groups is 1. The fourth-order valence-electron chi connectivity index (χ4n) is 3.19. The number of benzene rings is 1. The van der Waals surface area contributed by atoms with Crippen LogP contribution >= 0.6 is 12.6 Å². The number of hydrogen-bond donors (Lipinski definition) is 9. The normalized spacial score (nSPS) is 14.0. The second-order valence-corrected chi connectivity index (χ2v) is 8.43. The summed E-state index contributed by atoms with van der Waals surface area (Å²) in [5.41, 5.74) is 6.52. The van der Waals surface area contributed by atoms with Crippen LogP contribution in [-0.4, -0.2) is 84.9 Å². The number of rotatable bonds is 14. The molecule has 1 aromatic carbocycles. The quantitative estimate of drug-likeness (QED) is 0.122. The van der Waals surface area contributed by atoms with E-state index < -0.39 is 60.2 Å². The van der Waals surface area contributed by atoms with Gasteiger partial charge in [-0.2, -0.15) is 12.6 Å². The Labute approximate surface area is 216 Å². The molecule has 0 spiro atoms. The van der Waals surface area contributed by atoms with Crippen LogP contribution in [0, 0.1) is 0 Å². The number of aliphatic carboxylic acids is 2. The van der Waals surface area contributed by atoms with Crippen molar-refractivity contribution in [1.82, 2.24) is 25.9 Å². The zero-order valence-electron chi connectivity index (χ0n) is 19.5. The maximum atomic E-state index is 13.1. The molecule has 0 saturated heterocycles. The van der Waals surface area contributed by atoms with Crippen LogP contribution in [0.2, 0.25) is 0 Å². The molecule has 37 heavy (non-hydrogen) atoms. The summed E-state index contributed by atoms with van der Waals surface area (Å²) in [6.07, 6.45) is 1.92. The molecule has 0 radical (unpaired) electrons. The Morgan fingerprint density at radius 3 is 2.05 bits per heavy atom. The Morgan fingerprint density at radius 1 is 0.919 bits per heavy atom. The van der Waals surface area contributed by atoms with Crippen molar-refractivity contribution in [2.75, 3.05) is 5.75 Å². The summed E-state index contributed by atoms with van der Waals surface area (Å²) >= 11 is 4.04. The van der Waals surface area contributed by atoms with Crippen molar-refractivity contribution in [1.29, 1.82) is 0 Å². The Balaban J connectivity index is 2.19. The monoisotopic (exact) mass is 536 g/mol. The maximum Gasteiger partial charge on any atom is 0.326 e. The number of thiol groups is 1. The highest BCUT2D eigenvalue weighted by molar-refractivity contribution is 7.80. The Bertz CT molecular complexity index is 1100. The second kappa shape index (κ2) is 13.8. The van der Waals surface area contributed by atoms with Crippen LogP contribution in [0.15, 0.2) is 36.8 Å². The Hall–Kier alpha value is -4.11. The van der Waals surface area contributed by atoms with Gasteiger partial charge in [0.2, 0.25) is 17.7 Å². The SMILES string of the molecule is NC(CC(=O)O)C(=O)NC(CS)C(=O)NC(Cc1ccc(O)cc1)C(=O)NC(Cc1cnc[nH]1)C(=O)O. The van der Waals surface area contributed by atoms with Gasteiger partial charge < -0.3 is 42.0 Å². The molecule has 0 bridgehead atoms. The van der Waals surface area contributed by atoms with Crippen molar-refractivity contribution in [2.45, 2.75) is 43.4 Å². The van der Waals surface area contributed by atoms with E-state index in [-0.39, 0.29) is 24.3 Å². The molecule has 15 heteroatoms. The Morgan fingerprint density at radius 2 is 1.51 bits per heavy atom. The summed E-state index contributed by atoms with van der Waals surface area (Å²) in [6.45, 7) is 0. The van der Waals surface area contributed by atoms with E-state index in [1.54, 1.807) is 0 Å². The maximum absolute atomic E-state index is 13.1. The second-order valence-electron chi connectivity index (χ2n) is 8.06.